The highest BCUT2D eigenvalue weighted by molar-refractivity contribution is 6.22. The summed E-state index contributed by atoms with van der Waals surface area (Å²) in [6, 6.07) is 18.2. The van der Waals surface area contributed by atoms with E-state index in [4.69, 9.17) is 4.74 Å². The van der Waals surface area contributed by atoms with Crippen molar-refractivity contribution in [3.63, 3.8) is 0 Å². The fourth-order valence-corrected chi connectivity index (χ4v) is 3.90. The highest BCUT2D eigenvalue weighted by Crippen LogP contribution is 2.29. The van der Waals surface area contributed by atoms with Gasteiger partial charge in [-0.2, -0.15) is 0 Å². The molecule has 0 spiro atoms. The molecule has 1 atom stereocenters. The lowest BCUT2D eigenvalue weighted by Gasteiger charge is -2.22. The van der Waals surface area contributed by atoms with Crippen molar-refractivity contribution in [2.75, 3.05) is 17.3 Å². The molecule has 0 bridgehead atoms. The van der Waals surface area contributed by atoms with Crippen molar-refractivity contribution in [2.24, 2.45) is 0 Å². The molecule has 1 aliphatic heterocycles. The first-order valence-corrected chi connectivity index (χ1v) is 10.8. The van der Waals surface area contributed by atoms with Gasteiger partial charge in [0, 0.05) is 12.2 Å². The third-order valence-electron chi connectivity index (χ3n) is 5.58. The number of ether oxygens (including phenoxy) is 1. The number of aryl methyl sites for hydroxylation is 1. The van der Waals surface area contributed by atoms with Crippen LogP contribution in [0.15, 0.2) is 72.8 Å². The minimum atomic E-state index is -1.01. The molecule has 1 unspecified atom stereocenters. The van der Waals surface area contributed by atoms with Gasteiger partial charge < -0.3 is 15.0 Å². The number of hydrogen-bond acceptors (Lipinski definition) is 4. The largest absolute Gasteiger partial charge is 0.497 e. The zero-order chi connectivity index (χ0) is 24.2. The fraction of sp³-hybridized carbons (Fsp3) is 0.192. The van der Waals surface area contributed by atoms with E-state index in [0.29, 0.717) is 11.4 Å². The van der Waals surface area contributed by atoms with Gasteiger partial charge in [-0.3, -0.25) is 9.59 Å². The van der Waals surface area contributed by atoms with E-state index in [1.165, 1.54) is 23.1 Å². The number of hydrogen-bond donors (Lipinski definition) is 1. The van der Waals surface area contributed by atoms with Crippen LogP contribution in [-0.4, -0.2) is 35.9 Å². The van der Waals surface area contributed by atoms with Gasteiger partial charge in [0.2, 0.25) is 5.91 Å². The Labute approximate surface area is 196 Å². The number of anilines is 2. The zero-order valence-electron chi connectivity index (χ0n) is 18.8. The van der Waals surface area contributed by atoms with Gasteiger partial charge in [-0.25, -0.2) is 14.1 Å². The van der Waals surface area contributed by atoms with E-state index in [0.717, 1.165) is 16.0 Å². The summed E-state index contributed by atoms with van der Waals surface area (Å²) in [7, 11) is 1.56. The topological polar surface area (TPSA) is 79.0 Å². The first kappa shape index (κ1) is 23.0. The Bertz CT molecular complexity index is 1230. The number of imide groups is 1. The molecule has 1 heterocycles. The molecular formula is C26H24FN3O4. The summed E-state index contributed by atoms with van der Waals surface area (Å²) in [5.74, 6) is -0.808. The standard InChI is InChI=1S/C26H24FN3O4/c1-17-5-3-8-21(13-17)30-25(32)23(15-24(31)28-20-7-4-6-19(27)14-20)29(26(30)33)16-18-9-11-22(34-2)12-10-18/h3-14,23H,15-16H2,1-2H3,(H,28,31). The highest BCUT2D eigenvalue weighted by atomic mass is 19.1. The predicted octanol–water partition coefficient (Wildman–Crippen LogP) is 4.51. The van der Waals surface area contributed by atoms with Crippen LogP contribution in [0.3, 0.4) is 0 Å². The van der Waals surface area contributed by atoms with Crippen molar-refractivity contribution >= 4 is 29.2 Å². The van der Waals surface area contributed by atoms with Gasteiger partial charge in [-0.05, 0) is 60.5 Å². The van der Waals surface area contributed by atoms with Crippen molar-refractivity contribution in [1.29, 1.82) is 0 Å². The van der Waals surface area contributed by atoms with Crippen LogP contribution >= 0.6 is 0 Å². The lowest BCUT2D eigenvalue weighted by molar-refractivity contribution is -0.124. The summed E-state index contributed by atoms with van der Waals surface area (Å²) < 4.78 is 18.7. The number of nitrogens with one attached hydrogen (secondary N) is 1. The lowest BCUT2D eigenvalue weighted by Crippen LogP contribution is -2.37. The molecular weight excluding hydrogens is 437 g/mol. The summed E-state index contributed by atoms with van der Waals surface area (Å²) in [6.45, 7) is 2.00. The van der Waals surface area contributed by atoms with E-state index in [1.54, 1.807) is 55.6 Å². The average Bonchev–Trinajstić information content (AvgIpc) is 3.03. The third-order valence-corrected chi connectivity index (χ3v) is 5.58. The maximum Gasteiger partial charge on any atom is 0.332 e. The Morgan fingerprint density at radius 2 is 1.76 bits per heavy atom. The Morgan fingerprint density at radius 1 is 1.03 bits per heavy atom. The Kier molecular flexibility index (Phi) is 6.58. The molecule has 8 heteroatoms. The molecule has 0 saturated carbocycles. The van der Waals surface area contributed by atoms with E-state index >= 15 is 0 Å². The van der Waals surface area contributed by atoms with Gasteiger partial charge in [0.15, 0.2) is 0 Å². The van der Waals surface area contributed by atoms with Gasteiger partial charge >= 0.3 is 6.03 Å². The number of carbonyl (C=O) groups excluding carboxylic acids is 3. The summed E-state index contributed by atoms with van der Waals surface area (Å²) in [4.78, 5) is 42.0. The number of methoxy groups -OCH3 is 1. The average molecular weight is 461 g/mol. The molecule has 7 nitrogen and oxygen atoms in total. The molecule has 0 aromatic heterocycles. The molecule has 34 heavy (non-hydrogen) atoms. The van der Waals surface area contributed by atoms with Crippen molar-refractivity contribution in [3.05, 3.63) is 89.7 Å². The number of rotatable bonds is 7. The molecule has 0 radical (unpaired) electrons. The molecule has 4 rings (SSSR count). The van der Waals surface area contributed by atoms with Crippen molar-refractivity contribution in [3.8, 4) is 5.75 Å². The van der Waals surface area contributed by atoms with Crippen LogP contribution < -0.4 is 15.0 Å². The van der Waals surface area contributed by atoms with Crippen LogP contribution in [0.5, 0.6) is 5.75 Å². The number of carbonyl (C=O) groups is 3. The van der Waals surface area contributed by atoms with E-state index in [9.17, 15) is 18.8 Å². The summed E-state index contributed by atoms with van der Waals surface area (Å²) in [5, 5.41) is 2.60. The van der Waals surface area contributed by atoms with Crippen LogP contribution in [-0.2, 0) is 16.1 Å². The number of urea groups is 1. The predicted molar refractivity (Wildman–Crippen MR) is 126 cm³/mol. The summed E-state index contributed by atoms with van der Waals surface area (Å²) in [5.41, 5.74) is 2.40. The molecule has 1 aliphatic rings. The maximum absolute atomic E-state index is 13.5. The fourth-order valence-electron chi connectivity index (χ4n) is 3.90. The lowest BCUT2D eigenvalue weighted by atomic mass is 10.1. The first-order chi connectivity index (χ1) is 16.4. The van der Waals surface area contributed by atoms with Crippen LogP contribution in [0.25, 0.3) is 0 Å². The summed E-state index contributed by atoms with van der Waals surface area (Å²) >= 11 is 0. The van der Waals surface area contributed by atoms with Crippen LogP contribution in [0, 0.1) is 12.7 Å². The van der Waals surface area contributed by atoms with E-state index in [-0.39, 0.29) is 18.7 Å². The van der Waals surface area contributed by atoms with Crippen molar-refractivity contribution in [1.82, 2.24) is 4.90 Å². The number of nitrogens with zero attached hydrogens (tertiary/aromatic N) is 2. The number of amides is 4. The highest BCUT2D eigenvalue weighted by Gasteiger charge is 2.46. The van der Waals surface area contributed by atoms with Gasteiger partial charge in [0.1, 0.15) is 17.6 Å². The second-order valence-electron chi connectivity index (χ2n) is 8.05. The molecule has 1 saturated heterocycles. The first-order valence-electron chi connectivity index (χ1n) is 10.8. The molecule has 3 aromatic carbocycles. The number of halogens is 1. The van der Waals surface area contributed by atoms with E-state index in [2.05, 4.69) is 5.32 Å². The molecule has 4 amide bonds. The van der Waals surface area contributed by atoms with E-state index in [1.807, 2.05) is 13.0 Å². The number of benzene rings is 3. The quantitative estimate of drug-likeness (QED) is 0.525. The van der Waals surface area contributed by atoms with Crippen molar-refractivity contribution < 1.29 is 23.5 Å². The minimum absolute atomic E-state index is 0.134. The van der Waals surface area contributed by atoms with Gasteiger partial charge in [0.05, 0.1) is 19.2 Å². The molecule has 3 aromatic rings. The van der Waals surface area contributed by atoms with Gasteiger partial charge in [-0.1, -0.05) is 30.3 Å². The molecule has 1 N–H and O–H groups in total. The molecule has 174 valence electrons. The minimum Gasteiger partial charge on any atom is -0.497 e. The van der Waals surface area contributed by atoms with Gasteiger partial charge in [0.25, 0.3) is 5.91 Å². The SMILES string of the molecule is COc1ccc(CN2C(=O)N(c3cccc(C)c3)C(=O)C2CC(=O)Nc2cccc(F)c2)cc1. The third kappa shape index (κ3) is 4.91. The van der Waals surface area contributed by atoms with Crippen LogP contribution in [0.1, 0.15) is 17.5 Å². The van der Waals surface area contributed by atoms with E-state index < -0.39 is 29.7 Å². The van der Waals surface area contributed by atoms with Crippen LogP contribution in [0.4, 0.5) is 20.6 Å². The molecule has 1 fully saturated rings. The normalized spacial score (nSPS) is 15.6. The monoisotopic (exact) mass is 461 g/mol. The molecule has 0 aliphatic carbocycles. The smallest absolute Gasteiger partial charge is 0.332 e. The Balaban J connectivity index is 1.61. The van der Waals surface area contributed by atoms with Crippen LogP contribution in [0.2, 0.25) is 0 Å². The van der Waals surface area contributed by atoms with Gasteiger partial charge in [-0.15, -0.1) is 0 Å². The Morgan fingerprint density at radius 3 is 2.44 bits per heavy atom. The Hall–Kier alpha value is -4.20. The maximum atomic E-state index is 13.5. The second kappa shape index (κ2) is 9.74. The zero-order valence-corrected chi connectivity index (χ0v) is 18.8. The van der Waals surface area contributed by atoms with Crippen molar-refractivity contribution in [2.45, 2.75) is 25.9 Å². The second-order valence-corrected chi connectivity index (χ2v) is 8.05. The summed E-state index contributed by atoms with van der Waals surface area (Å²) in [6.07, 6.45) is -0.264.